The highest BCUT2D eigenvalue weighted by Crippen LogP contribution is 2.39. The van der Waals surface area contributed by atoms with Crippen LogP contribution in [0.4, 0.5) is 5.95 Å². The molecule has 7 heteroatoms. The van der Waals surface area contributed by atoms with Crippen LogP contribution in [0.3, 0.4) is 0 Å². The number of aryl methyl sites for hydroxylation is 1. The van der Waals surface area contributed by atoms with Crippen LogP contribution in [0, 0.1) is 6.92 Å². The van der Waals surface area contributed by atoms with Crippen LogP contribution in [-0.4, -0.2) is 20.2 Å². The van der Waals surface area contributed by atoms with E-state index in [0.29, 0.717) is 5.95 Å². The predicted molar refractivity (Wildman–Crippen MR) is 87.4 cm³/mol. The van der Waals surface area contributed by atoms with Crippen molar-refractivity contribution < 1.29 is 0 Å². The van der Waals surface area contributed by atoms with Gasteiger partial charge in [-0.1, -0.05) is 28.8 Å². The summed E-state index contributed by atoms with van der Waals surface area (Å²) in [4.78, 5) is 1.31. The lowest BCUT2D eigenvalue weighted by molar-refractivity contribution is 0.428. The summed E-state index contributed by atoms with van der Waals surface area (Å²) in [5.41, 5.74) is 2.48. The Morgan fingerprint density at radius 3 is 2.82 bits per heavy atom. The van der Waals surface area contributed by atoms with Crippen LogP contribution in [0.1, 0.15) is 34.5 Å². The zero-order valence-electron chi connectivity index (χ0n) is 11.9. The van der Waals surface area contributed by atoms with Crippen LogP contribution < -0.4 is 5.32 Å². The third-order valence-corrected chi connectivity index (χ3v) is 5.40. The fourth-order valence-corrected chi connectivity index (χ4v) is 4.05. The minimum atomic E-state index is 0.159. The van der Waals surface area contributed by atoms with Gasteiger partial charge < -0.3 is 5.32 Å². The molecule has 22 heavy (non-hydrogen) atoms. The summed E-state index contributed by atoms with van der Waals surface area (Å²) in [6.07, 6.45) is 0.904. The van der Waals surface area contributed by atoms with Gasteiger partial charge in [0.05, 0.1) is 12.1 Å². The van der Waals surface area contributed by atoms with Crippen LogP contribution in [0.5, 0.6) is 0 Å². The van der Waals surface area contributed by atoms with E-state index in [-0.39, 0.29) is 12.1 Å². The van der Waals surface area contributed by atoms with Gasteiger partial charge in [0.15, 0.2) is 0 Å². The van der Waals surface area contributed by atoms with Crippen molar-refractivity contribution in [2.24, 2.45) is 0 Å². The molecule has 2 atom stereocenters. The Balaban J connectivity index is 1.74. The second-order valence-electron chi connectivity index (χ2n) is 5.41. The predicted octanol–water partition coefficient (Wildman–Crippen LogP) is 3.84. The van der Waals surface area contributed by atoms with E-state index in [9.17, 15) is 0 Å². The number of hydrogen-bond acceptors (Lipinski definition) is 5. The molecule has 1 aromatic carbocycles. The second-order valence-corrected chi connectivity index (χ2v) is 6.80. The van der Waals surface area contributed by atoms with E-state index >= 15 is 0 Å². The summed E-state index contributed by atoms with van der Waals surface area (Å²) >= 11 is 7.75. The van der Waals surface area contributed by atoms with Crippen molar-refractivity contribution in [3.63, 3.8) is 0 Å². The van der Waals surface area contributed by atoms with Crippen molar-refractivity contribution in [1.29, 1.82) is 0 Å². The topological polar surface area (TPSA) is 55.6 Å². The van der Waals surface area contributed by atoms with Crippen molar-refractivity contribution in [2.75, 3.05) is 5.32 Å². The SMILES string of the molecule is Cc1ccsc1C1CC(c2ccc(Cl)cc2)Nc2nnnn21. The number of thiophene rings is 1. The first kappa shape index (κ1) is 13.7. The summed E-state index contributed by atoms with van der Waals surface area (Å²) in [6.45, 7) is 2.13. The van der Waals surface area contributed by atoms with Gasteiger partial charge in [0, 0.05) is 9.90 Å². The average molecular weight is 332 g/mol. The molecule has 0 spiro atoms. The number of tetrazole rings is 1. The molecule has 1 N–H and O–H groups in total. The number of aromatic nitrogens is 4. The number of nitrogens with zero attached hydrogens (tertiary/aromatic N) is 4. The van der Waals surface area contributed by atoms with Crippen molar-refractivity contribution in [2.45, 2.75) is 25.4 Å². The highest BCUT2D eigenvalue weighted by atomic mass is 35.5. The molecule has 0 amide bonds. The fraction of sp³-hybridized carbons (Fsp3) is 0.267. The van der Waals surface area contributed by atoms with Crippen molar-refractivity contribution in [3.8, 4) is 0 Å². The summed E-state index contributed by atoms with van der Waals surface area (Å²) in [5, 5.41) is 18.4. The van der Waals surface area contributed by atoms with E-state index in [0.717, 1.165) is 11.4 Å². The normalized spacial score (nSPS) is 20.5. The van der Waals surface area contributed by atoms with E-state index in [4.69, 9.17) is 11.6 Å². The molecule has 1 aliphatic rings. The number of nitrogens with one attached hydrogen (secondary N) is 1. The Morgan fingerprint density at radius 1 is 1.27 bits per heavy atom. The molecule has 0 saturated heterocycles. The third-order valence-electron chi connectivity index (χ3n) is 4.03. The molecule has 2 unspecified atom stereocenters. The molecule has 0 aliphatic carbocycles. The first-order chi connectivity index (χ1) is 10.7. The Morgan fingerprint density at radius 2 is 2.09 bits per heavy atom. The highest BCUT2D eigenvalue weighted by molar-refractivity contribution is 7.10. The van der Waals surface area contributed by atoms with Crippen LogP contribution in [-0.2, 0) is 0 Å². The van der Waals surface area contributed by atoms with Gasteiger partial charge in [-0.15, -0.1) is 11.3 Å². The molecule has 0 bridgehead atoms. The van der Waals surface area contributed by atoms with Crippen molar-refractivity contribution in [3.05, 3.63) is 56.7 Å². The van der Waals surface area contributed by atoms with Gasteiger partial charge in [-0.05, 0) is 58.5 Å². The molecule has 5 nitrogen and oxygen atoms in total. The van der Waals surface area contributed by atoms with Gasteiger partial charge in [0.25, 0.3) is 0 Å². The Kier molecular flexibility index (Phi) is 3.35. The van der Waals surface area contributed by atoms with Gasteiger partial charge in [-0.3, -0.25) is 0 Å². The largest absolute Gasteiger partial charge is 0.346 e. The molecule has 0 saturated carbocycles. The summed E-state index contributed by atoms with van der Waals surface area (Å²) in [5.74, 6) is 0.712. The van der Waals surface area contributed by atoms with Crippen LogP contribution in [0.25, 0.3) is 0 Å². The summed E-state index contributed by atoms with van der Waals surface area (Å²) in [7, 11) is 0. The molecule has 4 rings (SSSR count). The number of benzene rings is 1. The summed E-state index contributed by atoms with van der Waals surface area (Å²) < 4.78 is 1.88. The smallest absolute Gasteiger partial charge is 0.244 e. The van der Waals surface area contributed by atoms with Crippen LogP contribution >= 0.6 is 22.9 Å². The molecule has 0 radical (unpaired) electrons. The highest BCUT2D eigenvalue weighted by Gasteiger charge is 2.31. The standard InChI is InChI=1S/C15H14ClN5S/c1-9-6-7-22-14(9)13-8-12(10-2-4-11(16)5-3-10)17-15-18-19-20-21(13)15/h2-7,12-13H,8H2,1H3,(H,17,18,20). The lowest BCUT2D eigenvalue weighted by atomic mass is 9.96. The number of hydrogen-bond donors (Lipinski definition) is 1. The number of anilines is 1. The Hall–Kier alpha value is -1.92. The van der Waals surface area contributed by atoms with Crippen LogP contribution in [0.2, 0.25) is 5.02 Å². The van der Waals surface area contributed by atoms with E-state index in [1.165, 1.54) is 16.0 Å². The molecule has 2 aromatic heterocycles. The van der Waals surface area contributed by atoms with E-state index in [2.05, 4.69) is 51.3 Å². The minimum absolute atomic E-state index is 0.159. The molecule has 0 fully saturated rings. The number of rotatable bonds is 2. The van der Waals surface area contributed by atoms with Gasteiger partial charge >= 0.3 is 0 Å². The Bertz CT molecular complexity index is 794. The second kappa shape index (κ2) is 5.37. The monoisotopic (exact) mass is 331 g/mol. The third kappa shape index (κ3) is 2.28. The van der Waals surface area contributed by atoms with Gasteiger partial charge in [0.1, 0.15) is 0 Å². The zero-order valence-corrected chi connectivity index (χ0v) is 13.5. The molecule has 3 heterocycles. The molecular formula is C15H14ClN5S. The van der Waals surface area contributed by atoms with Gasteiger partial charge in [-0.2, -0.15) is 0 Å². The van der Waals surface area contributed by atoms with Crippen molar-refractivity contribution in [1.82, 2.24) is 20.2 Å². The number of fused-ring (bicyclic) bond motifs is 1. The average Bonchev–Trinajstić information content (AvgIpc) is 3.15. The molecule has 3 aromatic rings. The zero-order chi connectivity index (χ0) is 15.1. The minimum Gasteiger partial charge on any atom is -0.346 e. The maximum Gasteiger partial charge on any atom is 0.244 e. The fourth-order valence-electron chi connectivity index (χ4n) is 2.89. The van der Waals surface area contributed by atoms with E-state index in [1.54, 1.807) is 11.3 Å². The van der Waals surface area contributed by atoms with Crippen molar-refractivity contribution >= 4 is 28.9 Å². The maximum absolute atomic E-state index is 5.99. The van der Waals surface area contributed by atoms with Gasteiger partial charge in [-0.25, -0.2) is 4.68 Å². The Labute approximate surface area is 136 Å². The lowest BCUT2D eigenvalue weighted by Crippen LogP contribution is -2.27. The molecule has 112 valence electrons. The number of halogens is 1. The van der Waals surface area contributed by atoms with E-state index in [1.807, 2.05) is 16.8 Å². The first-order valence-electron chi connectivity index (χ1n) is 7.06. The van der Waals surface area contributed by atoms with E-state index < -0.39 is 0 Å². The molecule has 1 aliphatic heterocycles. The molecular weight excluding hydrogens is 318 g/mol. The summed E-state index contributed by atoms with van der Waals surface area (Å²) in [6, 6.07) is 10.4. The lowest BCUT2D eigenvalue weighted by Gasteiger charge is -2.30. The first-order valence-corrected chi connectivity index (χ1v) is 8.32. The van der Waals surface area contributed by atoms with Gasteiger partial charge in [0.2, 0.25) is 5.95 Å². The maximum atomic E-state index is 5.99. The van der Waals surface area contributed by atoms with Crippen LogP contribution in [0.15, 0.2) is 35.7 Å². The quantitative estimate of drug-likeness (QED) is 0.775.